The van der Waals surface area contributed by atoms with Crippen molar-refractivity contribution in [2.45, 2.75) is 37.9 Å². The van der Waals surface area contributed by atoms with E-state index in [-0.39, 0.29) is 0 Å². The van der Waals surface area contributed by atoms with Crippen molar-refractivity contribution in [1.82, 2.24) is 25.0 Å². The van der Waals surface area contributed by atoms with Crippen LogP contribution in [0.25, 0.3) is 0 Å². The fourth-order valence-corrected chi connectivity index (χ4v) is 5.74. The number of anilines is 1. The standard InChI is InChI=1S/C27H38N6/c1-30-15-17-33(18-16-30)25-10-4-3-7-23(25)19-32-14-13-28-24(21-32)20-31(2)26-11-5-8-22-9-6-12-29-27(22)26/h3,6-7,9,12,24,26,28H,5,8,11,13-21H2,1-2H3/t24-,26-/m0/s1. The van der Waals surface area contributed by atoms with E-state index >= 15 is 0 Å². The van der Waals surface area contributed by atoms with Crippen LogP contribution in [0.4, 0.5) is 5.69 Å². The van der Waals surface area contributed by atoms with Crippen molar-refractivity contribution in [3.8, 4) is 0 Å². The van der Waals surface area contributed by atoms with Gasteiger partial charge in [-0.1, -0.05) is 12.1 Å². The van der Waals surface area contributed by atoms with Crippen LogP contribution in [0.5, 0.6) is 0 Å². The first kappa shape index (κ1) is 22.6. The second-order valence-corrected chi connectivity index (χ2v) is 10.0. The third-order valence-corrected chi connectivity index (χ3v) is 7.62. The monoisotopic (exact) mass is 446 g/mol. The summed E-state index contributed by atoms with van der Waals surface area (Å²) in [5.41, 5.74) is 5.37. The van der Waals surface area contributed by atoms with Crippen LogP contribution >= 0.6 is 0 Å². The van der Waals surface area contributed by atoms with Crippen LogP contribution in [0, 0.1) is 12.1 Å². The van der Waals surface area contributed by atoms with E-state index in [9.17, 15) is 0 Å². The Labute approximate surface area is 199 Å². The van der Waals surface area contributed by atoms with E-state index in [4.69, 9.17) is 4.98 Å². The quantitative estimate of drug-likeness (QED) is 0.734. The van der Waals surface area contributed by atoms with Gasteiger partial charge in [0.05, 0.1) is 17.4 Å². The predicted molar refractivity (Wildman–Crippen MR) is 133 cm³/mol. The Morgan fingerprint density at radius 3 is 2.94 bits per heavy atom. The highest BCUT2D eigenvalue weighted by Gasteiger charge is 2.28. The highest BCUT2D eigenvalue weighted by molar-refractivity contribution is 5.51. The molecule has 1 aromatic heterocycles. The number of nitrogens with zero attached hydrogens (tertiary/aromatic N) is 5. The Morgan fingerprint density at radius 2 is 2.06 bits per heavy atom. The molecule has 3 aliphatic rings. The van der Waals surface area contributed by atoms with Crippen molar-refractivity contribution >= 4 is 5.69 Å². The Morgan fingerprint density at radius 1 is 1.18 bits per heavy atom. The van der Waals surface area contributed by atoms with Crippen molar-refractivity contribution in [2.24, 2.45) is 0 Å². The number of hydrogen-bond acceptors (Lipinski definition) is 6. The molecule has 0 radical (unpaired) electrons. The van der Waals surface area contributed by atoms with E-state index in [0.29, 0.717) is 12.1 Å². The fraction of sp³-hybridized carbons (Fsp3) is 0.593. The number of aryl methyl sites for hydroxylation is 1. The second-order valence-electron chi connectivity index (χ2n) is 10.0. The van der Waals surface area contributed by atoms with Crippen LogP contribution < -0.4 is 10.2 Å². The summed E-state index contributed by atoms with van der Waals surface area (Å²) in [6, 6.07) is 16.2. The topological polar surface area (TPSA) is 37.9 Å². The SMILES string of the molecule is CN1CCN(c2c#cccc2CN2CCN[C@@H](CN(C)[C@H]3CCCc4cccnc43)C2)CC1. The first-order chi connectivity index (χ1) is 16.2. The number of pyridine rings is 1. The molecule has 2 fully saturated rings. The number of rotatable bonds is 6. The lowest BCUT2D eigenvalue weighted by Crippen LogP contribution is -2.54. The molecule has 2 saturated heterocycles. The minimum atomic E-state index is 0.440. The molecule has 2 atom stereocenters. The summed E-state index contributed by atoms with van der Waals surface area (Å²) >= 11 is 0. The second kappa shape index (κ2) is 10.4. The van der Waals surface area contributed by atoms with Gasteiger partial charge in [-0.3, -0.25) is 14.8 Å². The highest BCUT2D eigenvalue weighted by Crippen LogP contribution is 2.32. The zero-order valence-electron chi connectivity index (χ0n) is 20.3. The van der Waals surface area contributed by atoms with Crippen molar-refractivity contribution in [2.75, 3.05) is 71.4 Å². The molecule has 6 nitrogen and oxygen atoms in total. The van der Waals surface area contributed by atoms with Gasteiger partial charge in [0.15, 0.2) is 0 Å². The van der Waals surface area contributed by atoms with Gasteiger partial charge >= 0.3 is 0 Å². The minimum absolute atomic E-state index is 0.440. The number of aromatic nitrogens is 1. The van der Waals surface area contributed by atoms with Crippen LogP contribution in [0.3, 0.4) is 0 Å². The smallest absolute Gasteiger partial charge is 0.0929 e. The first-order valence-corrected chi connectivity index (χ1v) is 12.6. The van der Waals surface area contributed by atoms with Crippen LogP contribution in [0.15, 0.2) is 30.5 Å². The summed E-state index contributed by atoms with van der Waals surface area (Å²) in [6.45, 7) is 9.63. The van der Waals surface area contributed by atoms with Crippen molar-refractivity contribution in [3.05, 3.63) is 59.4 Å². The van der Waals surface area contributed by atoms with Crippen LogP contribution in [0.1, 0.15) is 35.7 Å². The molecule has 1 N–H and O–H groups in total. The van der Waals surface area contributed by atoms with Gasteiger partial charge < -0.3 is 15.1 Å². The molecule has 1 aliphatic carbocycles. The molecule has 0 amide bonds. The normalized spacial score (nSPS) is 24.5. The molecule has 2 aliphatic heterocycles. The zero-order valence-corrected chi connectivity index (χ0v) is 20.3. The van der Waals surface area contributed by atoms with Gasteiger partial charge in [-0.2, -0.15) is 0 Å². The molecule has 176 valence electrons. The zero-order chi connectivity index (χ0) is 22.6. The van der Waals surface area contributed by atoms with E-state index in [1.807, 2.05) is 12.3 Å². The summed E-state index contributed by atoms with van der Waals surface area (Å²) in [5, 5.41) is 3.78. The molecule has 0 spiro atoms. The van der Waals surface area contributed by atoms with Gasteiger partial charge in [0, 0.05) is 71.1 Å². The van der Waals surface area contributed by atoms with Gasteiger partial charge in [0.1, 0.15) is 0 Å². The molecular formula is C27H38N6. The average molecular weight is 447 g/mol. The van der Waals surface area contributed by atoms with Gasteiger partial charge in [0.2, 0.25) is 0 Å². The predicted octanol–water partition coefficient (Wildman–Crippen LogP) is 2.22. The van der Waals surface area contributed by atoms with E-state index in [1.165, 1.54) is 41.8 Å². The molecule has 1 aromatic carbocycles. The number of piperazine rings is 2. The average Bonchev–Trinajstić information content (AvgIpc) is 2.85. The summed E-state index contributed by atoms with van der Waals surface area (Å²) in [5.74, 6) is 0. The van der Waals surface area contributed by atoms with Crippen molar-refractivity contribution in [1.29, 1.82) is 0 Å². The maximum absolute atomic E-state index is 4.76. The van der Waals surface area contributed by atoms with Crippen LogP contribution in [0.2, 0.25) is 0 Å². The highest BCUT2D eigenvalue weighted by atomic mass is 15.3. The van der Waals surface area contributed by atoms with Gasteiger partial charge in [-0.05, 0) is 68.8 Å². The van der Waals surface area contributed by atoms with Crippen LogP contribution in [-0.2, 0) is 13.0 Å². The van der Waals surface area contributed by atoms with Gasteiger partial charge in [-0.15, -0.1) is 0 Å². The van der Waals surface area contributed by atoms with Gasteiger partial charge in [0.25, 0.3) is 0 Å². The Hall–Kier alpha value is -2.17. The molecule has 33 heavy (non-hydrogen) atoms. The molecule has 0 bridgehead atoms. The number of hydrogen-bond donors (Lipinski definition) is 1. The molecule has 6 heteroatoms. The summed E-state index contributed by atoms with van der Waals surface area (Å²) in [7, 11) is 4.49. The van der Waals surface area contributed by atoms with Crippen molar-refractivity contribution in [3.63, 3.8) is 0 Å². The lowest BCUT2D eigenvalue weighted by atomic mass is 9.91. The Kier molecular flexibility index (Phi) is 7.13. The Bertz CT molecular complexity index is 909. The molecule has 0 unspecified atom stereocenters. The lowest BCUT2D eigenvalue weighted by Gasteiger charge is -2.39. The Balaban J connectivity index is 1.21. The van der Waals surface area contributed by atoms with E-state index in [1.54, 1.807) is 0 Å². The minimum Gasteiger partial charge on any atom is -0.362 e. The maximum atomic E-state index is 4.76. The maximum Gasteiger partial charge on any atom is 0.0929 e. The van der Waals surface area contributed by atoms with Crippen LogP contribution in [-0.4, -0.2) is 92.2 Å². The molecular weight excluding hydrogens is 408 g/mol. The lowest BCUT2D eigenvalue weighted by molar-refractivity contribution is 0.138. The molecule has 0 saturated carbocycles. The third-order valence-electron chi connectivity index (χ3n) is 7.62. The third kappa shape index (κ3) is 5.33. The van der Waals surface area contributed by atoms with Gasteiger partial charge in [-0.25, -0.2) is 0 Å². The summed E-state index contributed by atoms with van der Waals surface area (Å²) in [6.07, 6.45) is 5.60. The fourth-order valence-electron chi connectivity index (χ4n) is 5.74. The van der Waals surface area contributed by atoms with E-state index in [2.05, 4.69) is 69.3 Å². The molecule has 2 aromatic rings. The summed E-state index contributed by atoms with van der Waals surface area (Å²) < 4.78 is 0. The molecule has 3 heterocycles. The van der Waals surface area contributed by atoms with Crippen molar-refractivity contribution < 1.29 is 0 Å². The number of likely N-dealkylation sites (N-methyl/N-ethyl adjacent to an activating group) is 2. The largest absolute Gasteiger partial charge is 0.362 e. The summed E-state index contributed by atoms with van der Waals surface area (Å²) in [4.78, 5) is 14.8. The molecule has 5 rings (SSSR count). The first-order valence-electron chi connectivity index (χ1n) is 12.6. The number of fused-ring (bicyclic) bond motifs is 1. The number of nitrogens with one attached hydrogen (secondary N) is 1. The van der Waals surface area contributed by atoms with E-state index in [0.717, 1.165) is 58.9 Å². The van der Waals surface area contributed by atoms with E-state index < -0.39 is 0 Å².